The Morgan fingerprint density at radius 2 is 1.83 bits per heavy atom. The summed E-state index contributed by atoms with van der Waals surface area (Å²) in [4.78, 5) is 39.0. The molecule has 30 heavy (non-hydrogen) atoms. The van der Waals surface area contributed by atoms with Crippen LogP contribution in [0.25, 0.3) is 0 Å². The SMILES string of the molecule is CCc1ccc(C(=O)NNC(=O)C2CCCN(C(=O)Nc3cccc(C)c3)C2)cc1. The van der Waals surface area contributed by atoms with Gasteiger partial charge in [-0.3, -0.25) is 20.4 Å². The van der Waals surface area contributed by atoms with Gasteiger partial charge in [0.15, 0.2) is 0 Å². The second-order valence-corrected chi connectivity index (χ2v) is 7.58. The molecule has 158 valence electrons. The van der Waals surface area contributed by atoms with Crippen LogP contribution in [0.3, 0.4) is 0 Å². The normalized spacial score (nSPS) is 15.9. The number of anilines is 1. The summed E-state index contributed by atoms with van der Waals surface area (Å²) in [6.07, 6.45) is 2.29. The zero-order chi connectivity index (χ0) is 21.5. The zero-order valence-electron chi connectivity index (χ0n) is 17.4. The maximum absolute atomic E-state index is 12.6. The quantitative estimate of drug-likeness (QED) is 0.678. The largest absolute Gasteiger partial charge is 0.324 e. The van der Waals surface area contributed by atoms with Crippen LogP contribution in [-0.4, -0.2) is 35.8 Å². The molecule has 3 rings (SSSR count). The molecule has 7 nitrogen and oxygen atoms in total. The van der Waals surface area contributed by atoms with Crippen molar-refractivity contribution in [2.45, 2.75) is 33.1 Å². The molecule has 0 spiro atoms. The molecule has 0 saturated carbocycles. The molecule has 2 aromatic rings. The highest BCUT2D eigenvalue weighted by atomic mass is 16.2. The van der Waals surface area contributed by atoms with Crippen molar-refractivity contribution >= 4 is 23.5 Å². The van der Waals surface area contributed by atoms with E-state index in [2.05, 4.69) is 16.2 Å². The van der Waals surface area contributed by atoms with Gasteiger partial charge in [-0.15, -0.1) is 0 Å². The molecule has 2 aromatic carbocycles. The van der Waals surface area contributed by atoms with Crippen LogP contribution in [0.2, 0.25) is 0 Å². The number of hydrogen-bond acceptors (Lipinski definition) is 3. The molecule has 7 heteroatoms. The number of nitrogens with one attached hydrogen (secondary N) is 3. The lowest BCUT2D eigenvalue weighted by Crippen LogP contribution is -2.50. The third kappa shape index (κ3) is 5.59. The fraction of sp³-hybridized carbons (Fsp3) is 0.348. The van der Waals surface area contributed by atoms with Gasteiger partial charge in [0, 0.05) is 24.3 Å². The molecule has 1 aliphatic heterocycles. The molecule has 4 amide bonds. The van der Waals surface area contributed by atoms with Gasteiger partial charge in [0.2, 0.25) is 5.91 Å². The number of rotatable bonds is 4. The number of nitrogens with zero attached hydrogens (tertiary/aromatic N) is 1. The number of piperidine rings is 1. The number of benzene rings is 2. The van der Waals surface area contributed by atoms with Gasteiger partial charge in [0.05, 0.1) is 5.92 Å². The monoisotopic (exact) mass is 408 g/mol. The molecule has 1 heterocycles. The summed E-state index contributed by atoms with van der Waals surface area (Å²) in [5, 5.41) is 2.88. The lowest BCUT2D eigenvalue weighted by atomic mass is 9.97. The first kappa shape index (κ1) is 21.4. The van der Waals surface area contributed by atoms with Crippen molar-refractivity contribution in [3.05, 3.63) is 65.2 Å². The maximum atomic E-state index is 12.6. The van der Waals surface area contributed by atoms with E-state index in [1.54, 1.807) is 17.0 Å². The van der Waals surface area contributed by atoms with Crippen molar-refractivity contribution < 1.29 is 14.4 Å². The van der Waals surface area contributed by atoms with Crippen LogP contribution in [-0.2, 0) is 11.2 Å². The number of aryl methyl sites for hydroxylation is 2. The van der Waals surface area contributed by atoms with Crippen LogP contribution in [0.4, 0.5) is 10.5 Å². The van der Waals surface area contributed by atoms with Gasteiger partial charge in [-0.1, -0.05) is 31.2 Å². The predicted molar refractivity (Wildman–Crippen MR) is 116 cm³/mol. The van der Waals surface area contributed by atoms with E-state index in [-0.39, 0.29) is 23.8 Å². The lowest BCUT2D eigenvalue weighted by molar-refractivity contribution is -0.127. The fourth-order valence-electron chi connectivity index (χ4n) is 3.49. The summed E-state index contributed by atoms with van der Waals surface area (Å²) < 4.78 is 0. The molecule has 0 radical (unpaired) electrons. The third-order valence-corrected chi connectivity index (χ3v) is 5.27. The summed E-state index contributed by atoms with van der Waals surface area (Å²) in [6.45, 7) is 4.91. The molecule has 1 aliphatic rings. The van der Waals surface area contributed by atoms with Crippen LogP contribution < -0.4 is 16.2 Å². The first-order chi connectivity index (χ1) is 14.5. The van der Waals surface area contributed by atoms with E-state index in [1.807, 2.05) is 50.2 Å². The third-order valence-electron chi connectivity index (χ3n) is 5.27. The molecule has 1 atom stereocenters. The van der Waals surface area contributed by atoms with E-state index in [0.717, 1.165) is 29.7 Å². The van der Waals surface area contributed by atoms with Crippen molar-refractivity contribution in [3.8, 4) is 0 Å². The van der Waals surface area contributed by atoms with Gasteiger partial charge < -0.3 is 10.2 Å². The summed E-state index contributed by atoms with van der Waals surface area (Å²) in [5.41, 5.74) is 8.38. The van der Waals surface area contributed by atoms with Gasteiger partial charge in [0.25, 0.3) is 5.91 Å². The minimum atomic E-state index is -0.371. The van der Waals surface area contributed by atoms with E-state index in [1.165, 1.54) is 0 Å². The van der Waals surface area contributed by atoms with Crippen LogP contribution in [0.15, 0.2) is 48.5 Å². The fourth-order valence-corrected chi connectivity index (χ4v) is 3.49. The van der Waals surface area contributed by atoms with Gasteiger partial charge >= 0.3 is 6.03 Å². The minimum Gasteiger partial charge on any atom is -0.324 e. The first-order valence-corrected chi connectivity index (χ1v) is 10.3. The highest BCUT2D eigenvalue weighted by Crippen LogP contribution is 2.18. The number of amides is 4. The van der Waals surface area contributed by atoms with Crippen LogP contribution in [0.5, 0.6) is 0 Å². The van der Waals surface area contributed by atoms with Gasteiger partial charge in [0.1, 0.15) is 0 Å². The number of carbonyl (C=O) groups is 3. The Morgan fingerprint density at radius 3 is 2.53 bits per heavy atom. The molecule has 0 aromatic heterocycles. The Bertz CT molecular complexity index is 911. The van der Waals surface area contributed by atoms with Gasteiger partial charge in [-0.2, -0.15) is 0 Å². The van der Waals surface area contributed by atoms with Crippen LogP contribution in [0, 0.1) is 12.8 Å². The minimum absolute atomic E-state index is 0.224. The summed E-state index contributed by atoms with van der Waals surface area (Å²) in [7, 11) is 0. The van der Waals surface area contributed by atoms with E-state index < -0.39 is 0 Å². The van der Waals surface area contributed by atoms with Crippen molar-refractivity contribution in [2.24, 2.45) is 5.92 Å². The van der Waals surface area contributed by atoms with Crippen LogP contribution >= 0.6 is 0 Å². The van der Waals surface area contributed by atoms with Crippen molar-refractivity contribution in [1.82, 2.24) is 15.8 Å². The Kier molecular flexibility index (Phi) is 7.06. The summed E-state index contributed by atoms with van der Waals surface area (Å²) in [6, 6.07) is 14.6. The Labute approximate surface area is 176 Å². The van der Waals surface area contributed by atoms with Gasteiger partial charge in [-0.05, 0) is 61.6 Å². The van der Waals surface area contributed by atoms with E-state index in [4.69, 9.17) is 0 Å². The standard InChI is InChI=1S/C23H28N4O3/c1-3-17-9-11-18(12-10-17)21(28)25-26-22(29)19-7-5-13-27(15-19)23(30)24-20-8-4-6-16(2)14-20/h4,6,8-12,14,19H,3,5,7,13,15H2,1-2H3,(H,24,30)(H,25,28)(H,26,29). The molecule has 3 N–H and O–H groups in total. The number of urea groups is 1. The summed E-state index contributed by atoms with van der Waals surface area (Å²) >= 11 is 0. The highest BCUT2D eigenvalue weighted by molar-refractivity contribution is 5.95. The average molecular weight is 409 g/mol. The van der Waals surface area contributed by atoms with E-state index >= 15 is 0 Å². The molecule has 1 unspecified atom stereocenters. The van der Waals surface area contributed by atoms with Crippen molar-refractivity contribution in [2.75, 3.05) is 18.4 Å². The molecule has 0 bridgehead atoms. The maximum Gasteiger partial charge on any atom is 0.321 e. The first-order valence-electron chi connectivity index (χ1n) is 10.3. The second-order valence-electron chi connectivity index (χ2n) is 7.58. The highest BCUT2D eigenvalue weighted by Gasteiger charge is 2.28. The van der Waals surface area contributed by atoms with Crippen molar-refractivity contribution in [3.63, 3.8) is 0 Å². The molecule has 0 aliphatic carbocycles. The number of hydrazine groups is 1. The van der Waals surface area contributed by atoms with E-state index in [9.17, 15) is 14.4 Å². The predicted octanol–water partition coefficient (Wildman–Crippen LogP) is 3.26. The van der Waals surface area contributed by atoms with Crippen molar-refractivity contribution in [1.29, 1.82) is 0 Å². The number of hydrogen-bond donors (Lipinski definition) is 3. The molecule has 1 fully saturated rings. The average Bonchev–Trinajstić information content (AvgIpc) is 2.77. The molecule has 1 saturated heterocycles. The zero-order valence-corrected chi connectivity index (χ0v) is 17.4. The molecular weight excluding hydrogens is 380 g/mol. The van der Waals surface area contributed by atoms with Crippen LogP contribution in [0.1, 0.15) is 41.3 Å². The number of likely N-dealkylation sites (tertiary alicyclic amines) is 1. The van der Waals surface area contributed by atoms with Gasteiger partial charge in [-0.25, -0.2) is 4.79 Å². The van der Waals surface area contributed by atoms with E-state index in [0.29, 0.717) is 25.1 Å². The Hall–Kier alpha value is -3.35. The Balaban J connectivity index is 1.50. The molecular formula is C23H28N4O3. The second kappa shape index (κ2) is 9.91. The smallest absolute Gasteiger partial charge is 0.321 e. The lowest BCUT2D eigenvalue weighted by Gasteiger charge is -2.32. The Morgan fingerprint density at radius 1 is 1.07 bits per heavy atom. The topological polar surface area (TPSA) is 90.5 Å². The summed E-state index contributed by atoms with van der Waals surface area (Å²) in [5.74, 6) is -1.03. The number of carbonyl (C=O) groups excluding carboxylic acids is 3.